The molecule has 0 atom stereocenters. The number of rotatable bonds is 2. The summed E-state index contributed by atoms with van der Waals surface area (Å²) in [5.41, 5.74) is 4.68. The van der Waals surface area contributed by atoms with E-state index in [0.717, 1.165) is 16.3 Å². The number of aryl methyl sites for hydroxylation is 1. The maximum atomic E-state index is 5.34. The number of nitrogens with zero attached hydrogens (tertiary/aromatic N) is 1. The van der Waals surface area contributed by atoms with Crippen LogP contribution in [-0.2, 0) is 0 Å². The molecule has 0 saturated heterocycles. The van der Waals surface area contributed by atoms with Crippen LogP contribution >= 0.6 is 11.3 Å². The number of nitrogens with two attached hydrogens (primary N) is 1. The fourth-order valence-electron chi connectivity index (χ4n) is 1.26. The summed E-state index contributed by atoms with van der Waals surface area (Å²) in [6, 6.07) is 7.96. The summed E-state index contributed by atoms with van der Waals surface area (Å²) in [4.78, 5) is 5.38. The number of hydrogen-bond acceptors (Lipinski definition) is 4. The molecule has 72 valence electrons. The first-order valence-electron chi connectivity index (χ1n) is 4.29. The molecule has 14 heavy (non-hydrogen) atoms. The Bertz CT molecular complexity index is 436. The lowest BCUT2D eigenvalue weighted by Gasteiger charge is -2.01. The van der Waals surface area contributed by atoms with Gasteiger partial charge in [-0.1, -0.05) is 12.1 Å². The van der Waals surface area contributed by atoms with Crippen LogP contribution in [0.1, 0.15) is 5.01 Å². The first-order chi connectivity index (χ1) is 6.79. The fraction of sp³-hybridized carbons (Fsp3) is 0.100. The lowest BCUT2D eigenvalue weighted by atomic mass is 10.2. The molecule has 0 aliphatic rings. The van der Waals surface area contributed by atoms with Gasteiger partial charge in [0.1, 0.15) is 0 Å². The standard InChI is InChI=1S/C10H11N3S/c1-7-12-6-10(14-7)8-3-2-4-9(5-8)13-11/h2-6,13H,11H2,1H3. The number of nitrogens with one attached hydrogen (secondary N) is 1. The molecule has 3 nitrogen and oxygen atoms in total. The normalized spacial score (nSPS) is 10.1. The maximum absolute atomic E-state index is 5.34. The third-order valence-electron chi connectivity index (χ3n) is 1.94. The van der Waals surface area contributed by atoms with E-state index in [1.807, 2.05) is 37.4 Å². The lowest BCUT2D eigenvalue weighted by Crippen LogP contribution is -2.06. The zero-order valence-electron chi connectivity index (χ0n) is 7.82. The van der Waals surface area contributed by atoms with Gasteiger partial charge in [0.2, 0.25) is 0 Å². The van der Waals surface area contributed by atoms with Crippen molar-refractivity contribution in [2.45, 2.75) is 6.92 Å². The van der Waals surface area contributed by atoms with E-state index in [4.69, 9.17) is 5.84 Å². The first kappa shape index (κ1) is 9.18. The molecule has 0 unspecified atom stereocenters. The Morgan fingerprint density at radius 2 is 2.29 bits per heavy atom. The maximum Gasteiger partial charge on any atom is 0.0900 e. The Morgan fingerprint density at radius 3 is 2.93 bits per heavy atom. The van der Waals surface area contributed by atoms with E-state index in [-0.39, 0.29) is 0 Å². The Hall–Kier alpha value is -1.39. The lowest BCUT2D eigenvalue weighted by molar-refractivity contribution is 1.30. The molecule has 0 fully saturated rings. The molecule has 3 N–H and O–H groups in total. The van der Waals surface area contributed by atoms with Crippen LogP contribution in [0.4, 0.5) is 5.69 Å². The van der Waals surface area contributed by atoms with Gasteiger partial charge in [0.05, 0.1) is 9.88 Å². The van der Waals surface area contributed by atoms with E-state index in [2.05, 4.69) is 10.4 Å². The molecule has 1 heterocycles. The molecule has 1 aromatic heterocycles. The van der Waals surface area contributed by atoms with Crippen LogP contribution in [0.25, 0.3) is 10.4 Å². The minimum atomic E-state index is 0.911. The second-order valence-corrected chi connectivity index (χ2v) is 4.20. The van der Waals surface area contributed by atoms with Gasteiger partial charge in [-0.25, -0.2) is 4.98 Å². The average Bonchev–Trinajstić information content (AvgIpc) is 2.65. The molecule has 2 rings (SSSR count). The second-order valence-electron chi connectivity index (χ2n) is 2.97. The molecular formula is C10H11N3S. The van der Waals surface area contributed by atoms with Crippen LogP contribution in [0, 0.1) is 6.92 Å². The highest BCUT2D eigenvalue weighted by Gasteiger charge is 2.01. The number of aromatic nitrogens is 1. The van der Waals surface area contributed by atoms with Crippen LogP contribution in [0.3, 0.4) is 0 Å². The molecule has 0 amide bonds. The van der Waals surface area contributed by atoms with E-state index in [1.165, 1.54) is 4.88 Å². The number of nitrogen functional groups attached to an aromatic ring is 1. The van der Waals surface area contributed by atoms with Crippen molar-refractivity contribution in [3.8, 4) is 10.4 Å². The van der Waals surface area contributed by atoms with Gasteiger partial charge >= 0.3 is 0 Å². The zero-order valence-corrected chi connectivity index (χ0v) is 8.64. The predicted molar refractivity (Wildman–Crippen MR) is 60.1 cm³/mol. The summed E-state index contributed by atoms with van der Waals surface area (Å²) in [5, 5.41) is 1.08. The van der Waals surface area contributed by atoms with Crippen molar-refractivity contribution in [2.24, 2.45) is 5.84 Å². The zero-order chi connectivity index (χ0) is 9.97. The topological polar surface area (TPSA) is 50.9 Å². The van der Waals surface area contributed by atoms with Crippen LogP contribution in [0.5, 0.6) is 0 Å². The van der Waals surface area contributed by atoms with Gasteiger partial charge in [-0.05, 0) is 24.6 Å². The van der Waals surface area contributed by atoms with Crippen molar-refractivity contribution in [1.29, 1.82) is 0 Å². The van der Waals surface area contributed by atoms with Crippen molar-refractivity contribution in [1.82, 2.24) is 4.98 Å². The average molecular weight is 205 g/mol. The predicted octanol–water partition coefficient (Wildman–Crippen LogP) is 2.40. The van der Waals surface area contributed by atoms with Crippen molar-refractivity contribution in [3.05, 3.63) is 35.5 Å². The second kappa shape index (κ2) is 3.77. The van der Waals surface area contributed by atoms with Gasteiger partial charge in [0, 0.05) is 11.9 Å². The van der Waals surface area contributed by atoms with Crippen molar-refractivity contribution in [2.75, 3.05) is 5.43 Å². The number of thiazole rings is 1. The van der Waals surface area contributed by atoms with Gasteiger partial charge in [0.15, 0.2) is 0 Å². The first-order valence-corrected chi connectivity index (χ1v) is 5.11. The van der Waals surface area contributed by atoms with E-state index >= 15 is 0 Å². The fourth-order valence-corrected chi connectivity index (χ4v) is 2.03. The third-order valence-corrected chi connectivity index (χ3v) is 2.90. The summed E-state index contributed by atoms with van der Waals surface area (Å²) in [6.07, 6.45) is 1.88. The monoisotopic (exact) mass is 205 g/mol. The molecule has 0 aliphatic carbocycles. The molecule has 0 radical (unpaired) electrons. The van der Waals surface area contributed by atoms with Crippen molar-refractivity contribution in [3.63, 3.8) is 0 Å². The Kier molecular flexibility index (Phi) is 2.47. The third kappa shape index (κ3) is 1.76. The van der Waals surface area contributed by atoms with Gasteiger partial charge in [-0.15, -0.1) is 11.3 Å². The summed E-state index contributed by atoms with van der Waals surface area (Å²) < 4.78 is 0. The van der Waals surface area contributed by atoms with Crippen LogP contribution in [0.2, 0.25) is 0 Å². The van der Waals surface area contributed by atoms with E-state index < -0.39 is 0 Å². The molecule has 0 saturated carbocycles. The molecule has 4 heteroatoms. The summed E-state index contributed by atoms with van der Waals surface area (Å²) in [7, 11) is 0. The van der Waals surface area contributed by atoms with Crippen LogP contribution < -0.4 is 11.3 Å². The number of benzene rings is 1. The summed E-state index contributed by atoms with van der Waals surface area (Å²) in [6.45, 7) is 2.00. The summed E-state index contributed by atoms with van der Waals surface area (Å²) in [5.74, 6) is 5.34. The van der Waals surface area contributed by atoms with E-state index in [0.29, 0.717) is 0 Å². The largest absolute Gasteiger partial charge is 0.324 e. The van der Waals surface area contributed by atoms with Crippen LogP contribution in [0.15, 0.2) is 30.5 Å². The smallest absolute Gasteiger partial charge is 0.0900 e. The molecule has 1 aromatic carbocycles. The quantitative estimate of drug-likeness (QED) is 0.584. The minimum Gasteiger partial charge on any atom is -0.324 e. The molecule has 0 aliphatic heterocycles. The Labute approximate surface area is 86.6 Å². The molecule has 2 aromatic rings. The van der Waals surface area contributed by atoms with Gasteiger partial charge in [0.25, 0.3) is 0 Å². The molecule has 0 spiro atoms. The van der Waals surface area contributed by atoms with Gasteiger partial charge in [-0.3, -0.25) is 5.84 Å². The number of hydrazine groups is 1. The highest BCUT2D eigenvalue weighted by atomic mass is 32.1. The van der Waals surface area contributed by atoms with E-state index in [1.54, 1.807) is 11.3 Å². The Morgan fingerprint density at radius 1 is 1.43 bits per heavy atom. The van der Waals surface area contributed by atoms with E-state index in [9.17, 15) is 0 Å². The molecule has 0 bridgehead atoms. The molecular weight excluding hydrogens is 194 g/mol. The SMILES string of the molecule is Cc1ncc(-c2cccc(NN)c2)s1. The number of anilines is 1. The van der Waals surface area contributed by atoms with Gasteiger partial charge < -0.3 is 5.43 Å². The van der Waals surface area contributed by atoms with Gasteiger partial charge in [-0.2, -0.15) is 0 Å². The van der Waals surface area contributed by atoms with Crippen molar-refractivity contribution >= 4 is 17.0 Å². The summed E-state index contributed by atoms with van der Waals surface area (Å²) >= 11 is 1.68. The minimum absolute atomic E-state index is 0.911. The van der Waals surface area contributed by atoms with Crippen LogP contribution in [-0.4, -0.2) is 4.98 Å². The Balaban J connectivity index is 2.41. The number of hydrogen-bond donors (Lipinski definition) is 2. The van der Waals surface area contributed by atoms with Crippen molar-refractivity contribution < 1.29 is 0 Å². The highest BCUT2D eigenvalue weighted by Crippen LogP contribution is 2.27. The highest BCUT2D eigenvalue weighted by molar-refractivity contribution is 7.15.